The Balaban J connectivity index is 1.28. The summed E-state index contributed by atoms with van der Waals surface area (Å²) in [4.78, 5) is 25.8. The number of rotatable bonds is 6. The average Bonchev–Trinajstić information content (AvgIpc) is 3.38. The number of carbonyl (C=O) groups excluding carboxylic acids is 1. The summed E-state index contributed by atoms with van der Waals surface area (Å²) in [7, 11) is 0. The molecule has 0 saturated heterocycles. The lowest BCUT2D eigenvalue weighted by atomic mass is 10.1. The number of amides is 1. The van der Waals surface area contributed by atoms with Crippen molar-refractivity contribution in [3.8, 4) is 11.4 Å². The highest BCUT2D eigenvalue weighted by molar-refractivity contribution is 6.39. The summed E-state index contributed by atoms with van der Waals surface area (Å²) < 4.78 is 18.2. The Bertz CT molecular complexity index is 988. The van der Waals surface area contributed by atoms with Crippen LogP contribution in [0.1, 0.15) is 17.9 Å². The molecule has 0 radical (unpaired) electrons. The summed E-state index contributed by atoms with van der Waals surface area (Å²) in [6.07, 6.45) is 3.63. The fourth-order valence-electron chi connectivity index (χ4n) is 2.71. The van der Waals surface area contributed by atoms with E-state index in [0.29, 0.717) is 30.3 Å². The lowest BCUT2D eigenvalue weighted by Gasteiger charge is -2.05. The maximum absolute atomic E-state index is 12.9. The maximum atomic E-state index is 12.9. The minimum atomic E-state index is -0.350. The van der Waals surface area contributed by atoms with Gasteiger partial charge in [0.15, 0.2) is 0 Å². The van der Waals surface area contributed by atoms with E-state index in [1.54, 1.807) is 36.7 Å². The van der Waals surface area contributed by atoms with E-state index in [2.05, 4.69) is 25.6 Å². The first-order valence-corrected chi connectivity index (χ1v) is 8.66. The molecule has 0 fully saturated rings. The van der Waals surface area contributed by atoms with Gasteiger partial charge in [-0.25, -0.2) is 4.39 Å². The van der Waals surface area contributed by atoms with Gasteiger partial charge in [0.05, 0.1) is 6.42 Å². The molecule has 3 heterocycles. The number of benzene rings is 1. The second kappa shape index (κ2) is 7.95. The Morgan fingerprint density at radius 1 is 1.18 bits per heavy atom. The highest BCUT2D eigenvalue weighted by Gasteiger charge is 2.28. The summed E-state index contributed by atoms with van der Waals surface area (Å²) in [6.45, 7) is 0.280. The van der Waals surface area contributed by atoms with E-state index in [4.69, 9.17) is 9.36 Å². The third kappa shape index (κ3) is 4.20. The Kier molecular flexibility index (Phi) is 5.05. The molecule has 2 aromatic heterocycles. The predicted octanol–water partition coefficient (Wildman–Crippen LogP) is 2.27. The van der Waals surface area contributed by atoms with Crippen LogP contribution in [-0.4, -0.2) is 32.8 Å². The Labute approximate surface area is 159 Å². The molecule has 28 heavy (non-hydrogen) atoms. The van der Waals surface area contributed by atoms with Crippen molar-refractivity contribution in [3.05, 3.63) is 66.1 Å². The number of aromatic nitrogens is 3. The first-order chi connectivity index (χ1) is 13.7. The van der Waals surface area contributed by atoms with Crippen molar-refractivity contribution >= 4 is 11.6 Å². The van der Waals surface area contributed by atoms with Crippen LogP contribution >= 0.6 is 0 Å². The molecule has 1 N–H and O–H groups in total. The Morgan fingerprint density at radius 2 is 1.96 bits per heavy atom. The first kappa shape index (κ1) is 17.8. The van der Waals surface area contributed by atoms with Gasteiger partial charge >= 0.3 is 0 Å². The molecular weight excluding hydrogens is 365 g/mol. The lowest BCUT2D eigenvalue weighted by Crippen LogP contribution is -2.30. The van der Waals surface area contributed by atoms with Crippen LogP contribution in [0.2, 0.25) is 0 Å². The molecule has 142 valence electrons. The zero-order valence-corrected chi connectivity index (χ0v) is 14.7. The molecule has 1 atom stereocenters. The highest BCUT2D eigenvalue weighted by Crippen LogP contribution is 2.19. The topological polar surface area (TPSA) is 102 Å². The number of nitrogens with one attached hydrogen (secondary N) is 1. The standard InChI is InChI=1S/C19H16FN5O3/c20-14-3-1-12(2-4-14)11-22-19(26)16-9-15(27-24-16)10-17-23-18(25-28-17)13-5-7-21-8-6-13/h1-8,15H,9-11H2,(H,22,26)/t15-/m0/s1. The van der Waals surface area contributed by atoms with E-state index in [-0.39, 0.29) is 24.4 Å². The minimum Gasteiger partial charge on any atom is -0.391 e. The molecular formula is C19H16FN5O3. The molecule has 0 bridgehead atoms. The molecule has 1 aromatic carbocycles. The van der Waals surface area contributed by atoms with Crippen LogP contribution in [0.4, 0.5) is 4.39 Å². The number of oxime groups is 1. The molecule has 0 spiro atoms. The summed E-state index contributed by atoms with van der Waals surface area (Å²) in [5.74, 6) is 0.225. The van der Waals surface area contributed by atoms with Crippen LogP contribution in [-0.2, 0) is 22.6 Å². The van der Waals surface area contributed by atoms with E-state index in [9.17, 15) is 9.18 Å². The van der Waals surface area contributed by atoms with E-state index < -0.39 is 0 Å². The third-order valence-electron chi connectivity index (χ3n) is 4.17. The van der Waals surface area contributed by atoms with Crippen LogP contribution in [0.5, 0.6) is 0 Å². The van der Waals surface area contributed by atoms with Gasteiger partial charge in [0.1, 0.15) is 17.6 Å². The van der Waals surface area contributed by atoms with Crippen molar-refractivity contribution in [2.75, 3.05) is 0 Å². The molecule has 0 saturated carbocycles. The summed E-state index contributed by atoms with van der Waals surface area (Å²) in [5, 5.41) is 10.5. The monoisotopic (exact) mass is 381 g/mol. The molecule has 1 aliphatic rings. The molecule has 9 heteroatoms. The van der Waals surface area contributed by atoms with Gasteiger partial charge < -0.3 is 14.7 Å². The number of pyridine rings is 1. The number of hydrogen-bond acceptors (Lipinski definition) is 7. The minimum absolute atomic E-state index is 0.280. The second-order valence-corrected chi connectivity index (χ2v) is 6.23. The second-order valence-electron chi connectivity index (χ2n) is 6.23. The van der Waals surface area contributed by atoms with Gasteiger partial charge in [-0.1, -0.05) is 22.4 Å². The van der Waals surface area contributed by atoms with E-state index in [1.807, 2.05) is 0 Å². The fraction of sp³-hybridized carbons (Fsp3) is 0.211. The summed E-state index contributed by atoms with van der Waals surface area (Å²) in [5.41, 5.74) is 1.88. The van der Waals surface area contributed by atoms with Crippen molar-refractivity contribution in [2.45, 2.75) is 25.5 Å². The summed E-state index contributed by atoms with van der Waals surface area (Å²) in [6, 6.07) is 9.49. The smallest absolute Gasteiger partial charge is 0.269 e. The third-order valence-corrected chi connectivity index (χ3v) is 4.17. The van der Waals surface area contributed by atoms with E-state index in [1.165, 1.54) is 12.1 Å². The van der Waals surface area contributed by atoms with Crippen LogP contribution in [0, 0.1) is 5.82 Å². The number of hydrogen-bond donors (Lipinski definition) is 1. The van der Waals surface area contributed by atoms with Gasteiger partial charge in [0.25, 0.3) is 5.91 Å². The molecule has 0 unspecified atom stereocenters. The largest absolute Gasteiger partial charge is 0.391 e. The lowest BCUT2D eigenvalue weighted by molar-refractivity contribution is -0.115. The van der Waals surface area contributed by atoms with Gasteiger partial charge in [-0.2, -0.15) is 4.98 Å². The van der Waals surface area contributed by atoms with Crippen molar-refractivity contribution in [3.63, 3.8) is 0 Å². The number of carbonyl (C=O) groups is 1. The summed E-state index contributed by atoms with van der Waals surface area (Å²) >= 11 is 0. The van der Waals surface area contributed by atoms with Crippen molar-refractivity contribution in [1.29, 1.82) is 0 Å². The molecule has 3 aromatic rings. The van der Waals surface area contributed by atoms with Crippen LogP contribution in [0.25, 0.3) is 11.4 Å². The van der Waals surface area contributed by atoms with Gasteiger partial charge in [-0.05, 0) is 29.8 Å². The zero-order valence-electron chi connectivity index (χ0n) is 14.7. The van der Waals surface area contributed by atoms with E-state index >= 15 is 0 Å². The van der Waals surface area contributed by atoms with E-state index in [0.717, 1.165) is 11.1 Å². The first-order valence-electron chi connectivity index (χ1n) is 8.66. The highest BCUT2D eigenvalue weighted by atomic mass is 19.1. The molecule has 4 rings (SSSR count). The quantitative estimate of drug-likeness (QED) is 0.703. The van der Waals surface area contributed by atoms with Gasteiger partial charge in [-0.15, -0.1) is 0 Å². The van der Waals surface area contributed by atoms with Crippen LogP contribution < -0.4 is 5.32 Å². The van der Waals surface area contributed by atoms with Gasteiger partial charge in [-0.3, -0.25) is 9.78 Å². The predicted molar refractivity (Wildman–Crippen MR) is 96.4 cm³/mol. The average molecular weight is 381 g/mol. The fourth-order valence-corrected chi connectivity index (χ4v) is 2.71. The van der Waals surface area contributed by atoms with Crippen molar-refractivity contribution in [1.82, 2.24) is 20.4 Å². The van der Waals surface area contributed by atoms with Crippen LogP contribution in [0.15, 0.2) is 58.5 Å². The molecule has 1 amide bonds. The van der Waals surface area contributed by atoms with Crippen LogP contribution in [0.3, 0.4) is 0 Å². The molecule has 1 aliphatic heterocycles. The maximum Gasteiger partial charge on any atom is 0.269 e. The van der Waals surface area contributed by atoms with Crippen molar-refractivity contribution in [2.24, 2.45) is 5.16 Å². The Hall–Kier alpha value is -3.62. The number of halogens is 1. The Morgan fingerprint density at radius 3 is 2.75 bits per heavy atom. The molecule has 8 nitrogen and oxygen atoms in total. The number of nitrogens with zero attached hydrogens (tertiary/aromatic N) is 4. The zero-order chi connectivity index (χ0) is 19.3. The van der Waals surface area contributed by atoms with Gasteiger partial charge in [0, 0.05) is 30.9 Å². The molecule has 0 aliphatic carbocycles. The normalized spacial score (nSPS) is 15.8. The van der Waals surface area contributed by atoms with Crippen molar-refractivity contribution < 1.29 is 18.5 Å². The van der Waals surface area contributed by atoms with Gasteiger partial charge in [0.2, 0.25) is 11.7 Å². The SMILES string of the molecule is O=C(NCc1ccc(F)cc1)C1=NO[C@H](Cc2nc(-c3ccncc3)no2)C1.